The summed E-state index contributed by atoms with van der Waals surface area (Å²) in [6.45, 7) is 2.76. The largest absolute Gasteiger partial charge is 0.488 e. The molecule has 2 aliphatic rings. The van der Waals surface area contributed by atoms with Gasteiger partial charge >= 0.3 is 0 Å². The first kappa shape index (κ1) is 18.1. The van der Waals surface area contributed by atoms with Gasteiger partial charge in [0.1, 0.15) is 18.1 Å². The van der Waals surface area contributed by atoms with Crippen molar-refractivity contribution >= 4 is 29.6 Å². The molecule has 2 N–H and O–H groups in total. The van der Waals surface area contributed by atoms with Gasteiger partial charge in [0, 0.05) is 44.2 Å². The van der Waals surface area contributed by atoms with Gasteiger partial charge in [0.05, 0.1) is 6.54 Å². The van der Waals surface area contributed by atoms with Gasteiger partial charge in [0.25, 0.3) is 5.91 Å². The maximum absolute atomic E-state index is 12.8. The average Bonchev–Trinajstić information content (AvgIpc) is 3.18. The number of pyridine rings is 1. The number of amides is 2. The molecule has 2 aromatic heterocycles. The number of H-pyrrole nitrogens is 1. The first-order valence-electron chi connectivity index (χ1n) is 9.49. The van der Waals surface area contributed by atoms with Crippen LogP contribution in [0.5, 0.6) is 5.75 Å². The van der Waals surface area contributed by atoms with Gasteiger partial charge in [-0.3, -0.25) is 20.0 Å². The van der Waals surface area contributed by atoms with Crippen LogP contribution >= 0.6 is 0 Å². The number of nitrogens with zero attached hydrogens (tertiary/aromatic N) is 4. The highest BCUT2D eigenvalue weighted by molar-refractivity contribution is 5.94. The van der Waals surface area contributed by atoms with E-state index in [0.717, 1.165) is 37.4 Å². The van der Waals surface area contributed by atoms with Crippen LogP contribution in [0.25, 0.3) is 0 Å². The van der Waals surface area contributed by atoms with Gasteiger partial charge in [-0.25, -0.2) is 4.98 Å². The standard InChI is InChI=1S/C19H24N6O3/c1-23(13-26)22-17-11-14(5-6-20-17)25-9-10-28-16-12-15(21-18(16)25)19(27)24-7-3-2-4-8-24/h5-6,11-13,21H,2-4,7-10H2,1H3,(H,20,22). The highest BCUT2D eigenvalue weighted by atomic mass is 16.5. The van der Waals surface area contributed by atoms with Gasteiger partial charge in [-0.15, -0.1) is 0 Å². The second-order valence-corrected chi connectivity index (χ2v) is 6.98. The van der Waals surface area contributed by atoms with Crippen LogP contribution in [0.2, 0.25) is 0 Å². The summed E-state index contributed by atoms with van der Waals surface area (Å²) in [6, 6.07) is 5.52. The van der Waals surface area contributed by atoms with Gasteiger partial charge in [-0.1, -0.05) is 0 Å². The number of anilines is 3. The van der Waals surface area contributed by atoms with Crippen molar-refractivity contribution in [2.75, 3.05) is 43.6 Å². The summed E-state index contributed by atoms with van der Waals surface area (Å²) >= 11 is 0. The van der Waals surface area contributed by atoms with Crippen LogP contribution in [0, 0.1) is 0 Å². The third-order valence-electron chi connectivity index (χ3n) is 4.98. The number of ether oxygens (including phenoxy) is 1. The third kappa shape index (κ3) is 3.60. The molecule has 2 amide bonds. The lowest BCUT2D eigenvalue weighted by molar-refractivity contribution is -0.115. The van der Waals surface area contributed by atoms with E-state index in [1.54, 1.807) is 19.3 Å². The van der Waals surface area contributed by atoms with Crippen LogP contribution in [0.4, 0.5) is 17.3 Å². The molecule has 4 rings (SSSR count). The number of hydrogen-bond donors (Lipinski definition) is 2. The first-order chi connectivity index (χ1) is 13.7. The maximum atomic E-state index is 12.8. The molecular formula is C19H24N6O3. The molecular weight excluding hydrogens is 360 g/mol. The zero-order valence-corrected chi connectivity index (χ0v) is 15.9. The summed E-state index contributed by atoms with van der Waals surface area (Å²) in [4.78, 5) is 35.1. The van der Waals surface area contributed by atoms with Crippen molar-refractivity contribution in [2.24, 2.45) is 0 Å². The van der Waals surface area contributed by atoms with E-state index < -0.39 is 0 Å². The van der Waals surface area contributed by atoms with Crippen molar-refractivity contribution in [3.05, 3.63) is 30.1 Å². The normalized spacial score (nSPS) is 16.2. The molecule has 0 aromatic carbocycles. The Bertz CT molecular complexity index is 861. The number of hydrogen-bond acceptors (Lipinski definition) is 6. The Morgan fingerprint density at radius 2 is 2.11 bits per heavy atom. The summed E-state index contributed by atoms with van der Waals surface area (Å²) in [7, 11) is 1.61. The molecule has 9 nitrogen and oxygen atoms in total. The summed E-state index contributed by atoms with van der Waals surface area (Å²) in [5.41, 5.74) is 4.32. The molecule has 2 aromatic rings. The predicted molar refractivity (Wildman–Crippen MR) is 105 cm³/mol. The van der Waals surface area contributed by atoms with Gasteiger partial charge in [0.2, 0.25) is 6.41 Å². The van der Waals surface area contributed by atoms with E-state index in [4.69, 9.17) is 4.74 Å². The summed E-state index contributed by atoms with van der Waals surface area (Å²) in [5.74, 6) is 1.99. The second kappa shape index (κ2) is 7.79. The quantitative estimate of drug-likeness (QED) is 0.605. The number of nitrogens with one attached hydrogen (secondary N) is 2. The first-order valence-corrected chi connectivity index (χ1v) is 9.49. The molecule has 0 atom stereocenters. The number of fused-ring (bicyclic) bond motifs is 1. The van der Waals surface area contributed by atoms with E-state index in [1.807, 2.05) is 17.0 Å². The third-order valence-corrected chi connectivity index (χ3v) is 4.98. The van der Waals surface area contributed by atoms with Crippen molar-refractivity contribution in [3.63, 3.8) is 0 Å². The molecule has 0 unspecified atom stereocenters. The van der Waals surface area contributed by atoms with E-state index in [0.29, 0.717) is 36.8 Å². The molecule has 0 saturated carbocycles. The average molecular weight is 384 g/mol. The Morgan fingerprint density at radius 1 is 1.29 bits per heavy atom. The highest BCUT2D eigenvalue weighted by Gasteiger charge is 2.27. The van der Waals surface area contributed by atoms with E-state index in [2.05, 4.69) is 20.3 Å². The van der Waals surface area contributed by atoms with Crippen LogP contribution in [0.1, 0.15) is 29.8 Å². The zero-order valence-electron chi connectivity index (χ0n) is 15.9. The summed E-state index contributed by atoms with van der Waals surface area (Å²) in [5, 5.41) is 1.29. The Hall–Kier alpha value is -3.23. The molecule has 4 heterocycles. The maximum Gasteiger partial charge on any atom is 0.270 e. The fourth-order valence-corrected chi connectivity index (χ4v) is 3.59. The second-order valence-electron chi connectivity index (χ2n) is 6.98. The lowest BCUT2D eigenvalue weighted by Crippen LogP contribution is -2.35. The minimum atomic E-state index is 0.0161. The van der Waals surface area contributed by atoms with Crippen molar-refractivity contribution in [1.82, 2.24) is 19.9 Å². The van der Waals surface area contributed by atoms with Crippen molar-refractivity contribution in [2.45, 2.75) is 19.3 Å². The van der Waals surface area contributed by atoms with Gasteiger partial charge in [-0.05, 0) is 25.3 Å². The molecule has 2 aliphatic heterocycles. The molecule has 0 bridgehead atoms. The zero-order chi connectivity index (χ0) is 19.5. The van der Waals surface area contributed by atoms with Crippen LogP contribution in [-0.4, -0.2) is 65.5 Å². The molecule has 28 heavy (non-hydrogen) atoms. The number of rotatable bonds is 5. The number of piperidine rings is 1. The highest BCUT2D eigenvalue weighted by Crippen LogP contribution is 2.37. The van der Waals surface area contributed by atoms with Crippen molar-refractivity contribution in [1.29, 1.82) is 0 Å². The molecule has 0 spiro atoms. The fraction of sp³-hybridized carbons (Fsp3) is 0.421. The summed E-state index contributed by atoms with van der Waals surface area (Å²) in [6.07, 6.45) is 5.63. The Morgan fingerprint density at radius 3 is 2.89 bits per heavy atom. The molecule has 0 radical (unpaired) electrons. The Balaban J connectivity index is 1.59. The number of aromatic amines is 1. The van der Waals surface area contributed by atoms with E-state index in [1.165, 1.54) is 11.4 Å². The minimum Gasteiger partial charge on any atom is -0.488 e. The molecule has 9 heteroatoms. The van der Waals surface area contributed by atoms with E-state index in [9.17, 15) is 9.59 Å². The van der Waals surface area contributed by atoms with Crippen LogP contribution in [-0.2, 0) is 4.79 Å². The van der Waals surface area contributed by atoms with Crippen LogP contribution in [0.15, 0.2) is 24.4 Å². The smallest absolute Gasteiger partial charge is 0.270 e. The number of hydrazine groups is 1. The predicted octanol–water partition coefficient (Wildman–Crippen LogP) is 1.98. The fourth-order valence-electron chi connectivity index (χ4n) is 3.59. The molecule has 148 valence electrons. The van der Waals surface area contributed by atoms with Crippen molar-refractivity contribution in [3.8, 4) is 5.75 Å². The number of carbonyl (C=O) groups excluding carboxylic acids is 2. The monoisotopic (exact) mass is 384 g/mol. The molecule has 1 saturated heterocycles. The molecule has 1 fully saturated rings. The van der Waals surface area contributed by atoms with Gasteiger partial charge in [-0.2, -0.15) is 0 Å². The molecule has 0 aliphatic carbocycles. The minimum absolute atomic E-state index is 0.0161. The topological polar surface area (TPSA) is 93.8 Å². The summed E-state index contributed by atoms with van der Waals surface area (Å²) < 4.78 is 5.78. The van der Waals surface area contributed by atoms with Gasteiger partial charge in [0.15, 0.2) is 11.6 Å². The van der Waals surface area contributed by atoms with Gasteiger partial charge < -0.3 is 19.5 Å². The Labute approximate surface area is 163 Å². The number of carbonyl (C=O) groups is 2. The lowest BCUT2D eigenvalue weighted by atomic mass is 10.1. The van der Waals surface area contributed by atoms with Crippen molar-refractivity contribution < 1.29 is 14.3 Å². The SMILES string of the molecule is CN(C=O)Nc1cc(N2CCOc3cc(C(=O)N4CCCCC4)[nH]c32)ccn1. The lowest BCUT2D eigenvalue weighted by Gasteiger charge is -2.29. The Kier molecular flexibility index (Phi) is 5.05. The van der Waals surface area contributed by atoms with Crippen LogP contribution < -0.4 is 15.1 Å². The number of likely N-dealkylation sites (tertiary alicyclic amines) is 1. The van der Waals surface area contributed by atoms with Crippen LogP contribution in [0.3, 0.4) is 0 Å². The van der Waals surface area contributed by atoms with E-state index in [-0.39, 0.29) is 5.91 Å². The number of aromatic nitrogens is 2. The van der Waals surface area contributed by atoms with E-state index >= 15 is 0 Å².